The molecule has 0 bridgehead atoms. The molecule has 1 aromatic heterocycles. The van der Waals surface area contributed by atoms with Crippen molar-refractivity contribution >= 4 is 38.9 Å². The third-order valence-corrected chi connectivity index (χ3v) is 11.5. The monoisotopic (exact) mass is 692 g/mol. The zero-order valence-corrected chi connectivity index (χ0v) is 30.8. The van der Waals surface area contributed by atoms with E-state index in [4.69, 9.17) is 0 Å². The highest BCUT2D eigenvalue weighted by atomic mass is 15.1. The Hall–Kier alpha value is -6.64. The largest absolute Gasteiger partial charge is 0.310 e. The Morgan fingerprint density at radius 2 is 0.944 bits per heavy atom. The molecule has 9 aromatic rings. The first-order chi connectivity index (χ1) is 26.5. The number of aromatic nitrogens is 1. The minimum absolute atomic E-state index is 0.204. The van der Waals surface area contributed by atoms with Gasteiger partial charge in [0.25, 0.3) is 0 Å². The van der Waals surface area contributed by atoms with E-state index in [0.717, 1.165) is 17.1 Å². The summed E-state index contributed by atoms with van der Waals surface area (Å²) in [6.45, 7) is 6.92. The normalized spacial score (nSPS) is 12.9. The van der Waals surface area contributed by atoms with Crippen molar-refractivity contribution in [1.82, 2.24) is 4.57 Å². The molecule has 10 rings (SSSR count). The lowest BCUT2D eigenvalue weighted by molar-refractivity contribution is 0.660. The molecule has 0 unspecified atom stereocenters. The van der Waals surface area contributed by atoms with E-state index in [1.165, 1.54) is 77.6 Å². The molecule has 54 heavy (non-hydrogen) atoms. The second kappa shape index (κ2) is 12.5. The quantitative estimate of drug-likeness (QED) is 0.168. The minimum atomic E-state index is -0.204. The Morgan fingerprint density at radius 3 is 1.65 bits per heavy atom. The van der Waals surface area contributed by atoms with Crippen molar-refractivity contribution in [2.24, 2.45) is 0 Å². The number of nitrogens with zero attached hydrogens (tertiary/aromatic N) is 2. The van der Waals surface area contributed by atoms with E-state index in [1.54, 1.807) is 0 Å². The number of rotatable bonds is 6. The van der Waals surface area contributed by atoms with Crippen LogP contribution in [0.5, 0.6) is 0 Å². The van der Waals surface area contributed by atoms with Crippen molar-refractivity contribution in [2.75, 3.05) is 4.90 Å². The van der Waals surface area contributed by atoms with Crippen LogP contribution in [-0.2, 0) is 5.41 Å². The second-order valence-corrected chi connectivity index (χ2v) is 15.1. The summed E-state index contributed by atoms with van der Waals surface area (Å²) in [5.41, 5.74) is 18.3. The number of hydrogen-bond donors (Lipinski definition) is 0. The van der Waals surface area contributed by atoms with Crippen LogP contribution in [-0.4, -0.2) is 4.57 Å². The molecule has 8 aromatic carbocycles. The smallest absolute Gasteiger partial charge is 0.0541 e. The van der Waals surface area contributed by atoms with Gasteiger partial charge >= 0.3 is 0 Å². The van der Waals surface area contributed by atoms with Gasteiger partial charge in [-0.25, -0.2) is 0 Å². The molecule has 0 saturated heterocycles. The van der Waals surface area contributed by atoms with Gasteiger partial charge in [0, 0.05) is 38.9 Å². The van der Waals surface area contributed by atoms with E-state index in [-0.39, 0.29) is 5.41 Å². The van der Waals surface area contributed by atoms with Crippen molar-refractivity contribution < 1.29 is 0 Å². The van der Waals surface area contributed by atoms with Crippen LogP contribution in [0, 0.1) is 6.92 Å². The topological polar surface area (TPSA) is 8.17 Å². The van der Waals surface area contributed by atoms with Gasteiger partial charge in [0.15, 0.2) is 0 Å². The van der Waals surface area contributed by atoms with Gasteiger partial charge in [-0.15, -0.1) is 0 Å². The Labute approximate surface area is 317 Å². The molecule has 0 aliphatic heterocycles. The van der Waals surface area contributed by atoms with E-state index in [0.29, 0.717) is 0 Å². The lowest BCUT2D eigenvalue weighted by atomic mass is 9.82. The van der Waals surface area contributed by atoms with Crippen molar-refractivity contribution in [1.29, 1.82) is 0 Å². The number of hydrogen-bond acceptors (Lipinski definition) is 1. The summed E-state index contributed by atoms with van der Waals surface area (Å²) < 4.78 is 2.43. The maximum Gasteiger partial charge on any atom is 0.0541 e. The Morgan fingerprint density at radius 1 is 0.407 bits per heavy atom. The zero-order valence-electron chi connectivity index (χ0n) is 30.8. The first-order valence-corrected chi connectivity index (χ1v) is 18.9. The van der Waals surface area contributed by atoms with Crippen LogP contribution >= 0.6 is 0 Å². The second-order valence-electron chi connectivity index (χ2n) is 15.1. The third kappa shape index (κ3) is 5.09. The van der Waals surface area contributed by atoms with Crippen LogP contribution in [0.25, 0.3) is 60.9 Å². The summed E-state index contributed by atoms with van der Waals surface area (Å²) in [4.78, 5) is 2.41. The predicted octanol–water partition coefficient (Wildman–Crippen LogP) is 14.2. The number of aryl methyl sites for hydroxylation is 1. The lowest BCUT2D eigenvalue weighted by Crippen LogP contribution is -2.17. The van der Waals surface area contributed by atoms with Crippen molar-refractivity contribution in [2.45, 2.75) is 26.2 Å². The van der Waals surface area contributed by atoms with Gasteiger partial charge in [0.05, 0.1) is 11.0 Å². The first-order valence-electron chi connectivity index (χ1n) is 18.9. The van der Waals surface area contributed by atoms with Crippen LogP contribution in [0.2, 0.25) is 0 Å². The molecule has 0 radical (unpaired) electrons. The molecule has 1 heterocycles. The highest BCUT2D eigenvalue weighted by molar-refractivity contribution is 6.09. The molecule has 0 saturated carbocycles. The molecule has 0 amide bonds. The fourth-order valence-corrected chi connectivity index (χ4v) is 8.75. The molecule has 2 heteroatoms. The van der Waals surface area contributed by atoms with Crippen LogP contribution in [0.15, 0.2) is 188 Å². The molecule has 258 valence electrons. The van der Waals surface area contributed by atoms with E-state index in [2.05, 4.69) is 218 Å². The number of anilines is 3. The predicted molar refractivity (Wildman–Crippen MR) is 229 cm³/mol. The zero-order chi connectivity index (χ0) is 36.4. The van der Waals surface area contributed by atoms with Gasteiger partial charge < -0.3 is 9.47 Å². The molecule has 2 nitrogen and oxygen atoms in total. The van der Waals surface area contributed by atoms with Gasteiger partial charge in [0.2, 0.25) is 0 Å². The summed E-state index contributed by atoms with van der Waals surface area (Å²) in [5, 5.41) is 2.56. The maximum atomic E-state index is 2.43. The van der Waals surface area contributed by atoms with Crippen molar-refractivity contribution in [3.63, 3.8) is 0 Å². The molecule has 0 spiro atoms. The average molecular weight is 693 g/mol. The van der Waals surface area contributed by atoms with Gasteiger partial charge in [-0.3, -0.25) is 0 Å². The Kier molecular flexibility index (Phi) is 7.42. The summed E-state index contributed by atoms with van der Waals surface area (Å²) >= 11 is 0. The van der Waals surface area contributed by atoms with Gasteiger partial charge in [-0.1, -0.05) is 147 Å². The summed E-state index contributed by atoms with van der Waals surface area (Å²) in [7, 11) is 0. The lowest BCUT2D eigenvalue weighted by Gasteiger charge is -2.28. The molecule has 1 aliphatic rings. The van der Waals surface area contributed by atoms with E-state index < -0.39 is 0 Å². The highest BCUT2D eigenvalue weighted by Gasteiger charge is 2.36. The fraction of sp³-hybridized carbons (Fsp3) is 0.0769. The van der Waals surface area contributed by atoms with E-state index in [1.807, 2.05) is 0 Å². The Balaban J connectivity index is 1.09. The first kappa shape index (κ1) is 32.0. The standard InChI is InChI=1S/C52H40N2/c1-35-24-26-38(27-25-35)53(39-17-13-16-37(32-39)43-19-8-7-18-42(43)36-14-5-4-6-15-36)40-28-30-44-45-31-29-41(34-49(45)52(2,3)48(44)33-40)54-50-22-11-9-20-46(50)47-21-10-12-23-51(47)54/h4-34H,1-3H3. The average Bonchev–Trinajstić information content (AvgIpc) is 3.67. The fourth-order valence-electron chi connectivity index (χ4n) is 8.75. The van der Waals surface area contributed by atoms with Gasteiger partial charge in [-0.05, 0) is 112 Å². The number of benzene rings is 8. The molecule has 0 fully saturated rings. The van der Waals surface area contributed by atoms with E-state index >= 15 is 0 Å². The van der Waals surface area contributed by atoms with Crippen LogP contribution in [0.4, 0.5) is 17.1 Å². The van der Waals surface area contributed by atoms with Crippen LogP contribution in [0.1, 0.15) is 30.5 Å². The van der Waals surface area contributed by atoms with Crippen molar-refractivity contribution in [3.05, 3.63) is 205 Å². The molecular weight excluding hydrogens is 653 g/mol. The molecular formula is C52H40N2. The minimum Gasteiger partial charge on any atom is -0.310 e. The SMILES string of the molecule is Cc1ccc(N(c2cccc(-c3ccccc3-c3ccccc3)c2)c2ccc3c(c2)C(C)(C)c2cc(-n4c5ccccc5c5ccccc54)ccc2-3)cc1. The van der Waals surface area contributed by atoms with Crippen LogP contribution < -0.4 is 4.90 Å². The molecule has 0 N–H and O–H groups in total. The summed E-state index contributed by atoms with van der Waals surface area (Å²) in [5.74, 6) is 0. The summed E-state index contributed by atoms with van der Waals surface area (Å²) in [6.07, 6.45) is 0. The number of fused-ring (bicyclic) bond motifs is 6. The van der Waals surface area contributed by atoms with Crippen LogP contribution in [0.3, 0.4) is 0 Å². The molecule has 1 aliphatic carbocycles. The van der Waals surface area contributed by atoms with Gasteiger partial charge in [-0.2, -0.15) is 0 Å². The maximum absolute atomic E-state index is 2.43. The number of para-hydroxylation sites is 2. The Bertz CT molecular complexity index is 2800. The van der Waals surface area contributed by atoms with Gasteiger partial charge in [0.1, 0.15) is 0 Å². The molecule has 0 atom stereocenters. The highest BCUT2D eigenvalue weighted by Crippen LogP contribution is 2.52. The van der Waals surface area contributed by atoms with E-state index in [9.17, 15) is 0 Å². The third-order valence-electron chi connectivity index (χ3n) is 11.5. The summed E-state index contributed by atoms with van der Waals surface area (Å²) in [6, 6.07) is 69.0. The van der Waals surface area contributed by atoms with Crippen molar-refractivity contribution in [3.8, 4) is 39.1 Å².